The smallest absolute Gasteiger partial charge is 0.119 e. The Balaban J connectivity index is 1.99. The second kappa shape index (κ2) is 5.74. The second-order valence-electron chi connectivity index (χ2n) is 5.63. The average molecular weight is 269 g/mol. The van der Waals surface area contributed by atoms with Gasteiger partial charge in [0.15, 0.2) is 0 Å². The molecule has 0 saturated heterocycles. The predicted molar refractivity (Wildman–Crippen MR) is 83.3 cm³/mol. The van der Waals surface area contributed by atoms with E-state index in [9.17, 15) is 0 Å². The molecule has 2 aromatic rings. The maximum atomic E-state index is 5.63. The number of rotatable bonds is 4. The molecular formula is C18H23NO. The molecule has 0 aliphatic heterocycles. The molecule has 106 valence electrons. The molecule has 0 radical (unpaired) electrons. The van der Waals surface area contributed by atoms with Gasteiger partial charge >= 0.3 is 0 Å². The van der Waals surface area contributed by atoms with Gasteiger partial charge in [0.1, 0.15) is 5.75 Å². The van der Waals surface area contributed by atoms with Gasteiger partial charge in [-0.2, -0.15) is 0 Å². The summed E-state index contributed by atoms with van der Waals surface area (Å²) in [7, 11) is 0. The molecule has 1 aromatic carbocycles. The Kier molecular flexibility index (Phi) is 3.81. The fraction of sp³-hybridized carbons (Fsp3) is 0.444. The summed E-state index contributed by atoms with van der Waals surface area (Å²) in [5.74, 6) is 0.960. The summed E-state index contributed by atoms with van der Waals surface area (Å²) in [4.78, 5) is 0. The summed E-state index contributed by atoms with van der Waals surface area (Å²) >= 11 is 0. The predicted octanol–water partition coefficient (Wildman–Crippen LogP) is 4.98. The van der Waals surface area contributed by atoms with Crippen LogP contribution in [0.4, 0.5) is 0 Å². The highest BCUT2D eigenvalue weighted by Gasteiger charge is 2.21. The largest absolute Gasteiger partial charge is 0.494 e. The van der Waals surface area contributed by atoms with E-state index in [-0.39, 0.29) is 0 Å². The molecule has 0 amide bonds. The Hall–Kier alpha value is -1.70. The van der Waals surface area contributed by atoms with Crippen molar-refractivity contribution in [1.82, 2.24) is 4.57 Å². The normalized spacial score (nSPS) is 15.7. The van der Waals surface area contributed by atoms with Crippen molar-refractivity contribution in [2.45, 2.75) is 45.6 Å². The van der Waals surface area contributed by atoms with Crippen molar-refractivity contribution < 1.29 is 4.74 Å². The third kappa shape index (κ3) is 2.47. The number of ether oxygens (including phenoxy) is 1. The highest BCUT2D eigenvalue weighted by atomic mass is 16.5. The lowest BCUT2D eigenvalue weighted by atomic mass is 10.1. The molecule has 1 aliphatic carbocycles. The Labute approximate surface area is 121 Å². The van der Waals surface area contributed by atoms with Gasteiger partial charge in [0.2, 0.25) is 0 Å². The van der Waals surface area contributed by atoms with Crippen molar-refractivity contribution in [1.29, 1.82) is 0 Å². The molecule has 2 heteroatoms. The molecule has 0 spiro atoms. The van der Waals surface area contributed by atoms with Crippen molar-refractivity contribution in [3.05, 3.63) is 42.1 Å². The minimum atomic E-state index is 0.677. The van der Waals surface area contributed by atoms with Crippen LogP contribution in [0.2, 0.25) is 0 Å². The molecule has 20 heavy (non-hydrogen) atoms. The van der Waals surface area contributed by atoms with Crippen LogP contribution in [0.5, 0.6) is 5.75 Å². The van der Waals surface area contributed by atoms with Crippen LogP contribution in [0.1, 0.15) is 44.3 Å². The Bertz CT molecular complexity index is 579. The molecular weight excluding hydrogens is 246 g/mol. The molecule has 0 atom stereocenters. The quantitative estimate of drug-likeness (QED) is 0.763. The van der Waals surface area contributed by atoms with Gasteiger partial charge in [-0.3, -0.25) is 0 Å². The van der Waals surface area contributed by atoms with Crippen molar-refractivity contribution in [2.75, 3.05) is 6.61 Å². The van der Waals surface area contributed by atoms with E-state index in [0.29, 0.717) is 12.6 Å². The van der Waals surface area contributed by atoms with Gasteiger partial charge < -0.3 is 9.30 Å². The van der Waals surface area contributed by atoms with Crippen LogP contribution in [0, 0.1) is 6.92 Å². The first-order chi connectivity index (χ1) is 9.79. The average Bonchev–Trinajstić information content (AvgIpc) is 3.08. The highest BCUT2D eigenvalue weighted by Crippen LogP contribution is 2.36. The van der Waals surface area contributed by atoms with E-state index >= 15 is 0 Å². The Morgan fingerprint density at radius 1 is 1.15 bits per heavy atom. The topological polar surface area (TPSA) is 14.2 Å². The van der Waals surface area contributed by atoms with E-state index in [0.717, 1.165) is 5.75 Å². The zero-order valence-corrected chi connectivity index (χ0v) is 12.4. The van der Waals surface area contributed by atoms with Crippen molar-refractivity contribution in [2.24, 2.45) is 0 Å². The zero-order valence-electron chi connectivity index (χ0n) is 12.4. The SMILES string of the molecule is CCOc1cccc(-c2ccc(C)n2C2CCCC2)c1. The zero-order chi connectivity index (χ0) is 13.9. The van der Waals surface area contributed by atoms with Gasteiger partial charge in [-0.05, 0) is 51.0 Å². The summed E-state index contributed by atoms with van der Waals surface area (Å²) in [5, 5.41) is 0. The summed E-state index contributed by atoms with van der Waals surface area (Å²) < 4.78 is 8.16. The molecule has 0 unspecified atom stereocenters. The summed E-state index contributed by atoms with van der Waals surface area (Å²) in [6, 6.07) is 13.6. The first-order valence-corrected chi connectivity index (χ1v) is 7.70. The maximum Gasteiger partial charge on any atom is 0.119 e. The Morgan fingerprint density at radius 3 is 2.70 bits per heavy atom. The number of aromatic nitrogens is 1. The molecule has 1 fully saturated rings. The number of aryl methyl sites for hydroxylation is 1. The van der Waals surface area contributed by atoms with Gasteiger partial charge in [-0.1, -0.05) is 25.0 Å². The van der Waals surface area contributed by atoms with Crippen LogP contribution < -0.4 is 4.74 Å². The molecule has 1 aliphatic rings. The minimum absolute atomic E-state index is 0.677. The lowest BCUT2D eigenvalue weighted by molar-refractivity contribution is 0.340. The van der Waals surface area contributed by atoms with Gasteiger partial charge in [0.05, 0.1) is 6.61 Å². The highest BCUT2D eigenvalue weighted by molar-refractivity contribution is 5.63. The van der Waals surface area contributed by atoms with Crippen LogP contribution >= 0.6 is 0 Å². The van der Waals surface area contributed by atoms with Crippen molar-refractivity contribution in [3.63, 3.8) is 0 Å². The van der Waals surface area contributed by atoms with Crippen molar-refractivity contribution >= 4 is 0 Å². The van der Waals surface area contributed by atoms with E-state index in [1.807, 2.05) is 13.0 Å². The van der Waals surface area contributed by atoms with Crippen LogP contribution in [0.15, 0.2) is 36.4 Å². The minimum Gasteiger partial charge on any atom is -0.494 e. The number of nitrogens with zero attached hydrogens (tertiary/aromatic N) is 1. The van der Waals surface area contributed by atoms with Crippen LogP contribution in [0.25, 0.3) is 11.3 Å². The van der Waals surface area contributed by atoms with Gasteiger partial charge in [0.25, 0.3) is 0 Å². The fourth-order valence-corrected chi connectivity index (χ4v) is 3.34. The molecule has 1 saturated carbocycles. The van der Waals surface area contributed by atoms with Crippen LogP contribution in [0.3, 0.4) is 0 Å². The third-order valence-electron chi connectivity index (χ3n) is 4.25. The lowest BCUT2D eigenvalue weighted by Crippen LogP contribution is -2.08. The van der Waals surface area contributed by atoms with Crippen LogP contribution in [-0.4, -0.2) is 11.2 Å². The third-order valence-corrected chi connectivity index (χ3v) is 4.25. The molecule has 3 rings (SSSR count). The van der Waals surface area contributed by atoms with E-state index < -0.39 is 0 Å². The van der Waals surface area contributed by atoms with Crippen LogP contribution in [-0.2, 0) is 0 Å². The van der Waals surface area contributed by atoms with E-state index in [4.69, 9.17) is 4.74 Å². The summed E-state index contributed by atoms with van der Waals surface area (Å²) in [5.41, 5.74) is 3.96. The van der Waals surface area contributed by atoms with E-state index in [1.54, 1.807) is 0 Å². The molecule has 1 heterocycles. The van der Waals surface area contributed by atoms with Gasteiger partial charge in [-0.15, -0.1) is 0 Å². The molecule has 0 N–H and O–H groups in total. The Morgan fingerprint density at radius 2 is 1.95 bits per heavy atom. The molecule has 0 bridgehead atoms. The molecule has 2 nitrogen and oxygen atoms in total. The number of hydrogen-bond donors (Lipinski definition) is 0. The molecule has 1 aromatic heterocycles. The first-order valence-electron chi connectivity index (χ1n) is 7.70. The van der Waals surface area contributed by atoms with Gasteiger partial charge in [-0.25, -0.2) is 0 Å². The van der Waals surface area contributed by atoms with E-state index in [1.165, 1.54) is 42.6 Å². The number of hydrogen-bond acceptors (Lipinski definition) is 1. The second-order valence-corrected chi connectivity index (χ2v) is 5.63. The lowest BCUT2D eigenvalue weighted by Gasteiger charge is -2.19. The van der Waals surface area contributed by atoms with Crippen molar-refractivity contribution in [3.8, 4) is 17.0 Å². The first kappa shape index (κ1) is 13.3. The fourth-order valence-electron chi connectivity index (χ4n) is 3.34. The van der Waals surface area contributed by atoms with E-state index in [2.05, 4.69) is 41.8 Å². The maximum absolute atomic E-state index is 5.63. The monoisotopic (exact) mass is 269 g/mol. The van der Waals surface area contributed by atoms with Gasteiger partial charge in [0, 0.05) is 23.0 Å². The summed E-state index contributed by atoms with van der Waals surface area (Å²) in [6.45, 7) is 4.96. The standard InChI is InChI=1S/C18H23NO/c1-3-20-17-10-6-7-15(13-17)18-12-11-14(2)19(18)16-8-4-5-9-16/h6-7,10-13,16H,3-5,8-9H2,1-2H3. The summed E-state index contributed by atoms with van der Waals surface area (Å²) in [6.07, 6.45) is 5.35. The number of benzene rings is 1.